The number of nitrogens with one attached hydrogen (secondary N) is 1. The molecule has 0 bridgehead atoms. The average Bonchev–Trinajstić information content (AvgIpc) is 3.30. The normalized spacial score (nSPS) is 13.6. The van der Waals surface area contributed by atoms with Gasteiger partial charge in [-0.25, -0.2) is 0 Å². The molecule has 0 aliphatic heterocycles. The van der Waals surface area contributed by atoms with E-state index in [4.69, 9.17) is 0 Å². The molecule has 5 nitrogen and oxygen atoms in total. The SMILES string of the molecule is CCCCCCCCCCC/C=C\C/C=C\CCCCCCCCCCCCCC(=O)NC(CO)C(O)C(O)CCC/C=C/CC/C=C/CCCCCCCCCCCCCCCC. The summed E-state index contributed by atoms with van der Waals surface area (Å²) in [6.07, 6.45) is 71.2. The molecule has 0 aromatic heterocycles. The maximum atomic E-state index is 12.5. The Morgan fingerprint density at radius 3 is 1.05 bits per heavy atom. The summed E-state index contributed by atoms with van der Waals surface area (Å²) in [5.74, 6) is -0.159. The number of amides is 1. The minimum absolute atomic E-state index is 0.159. The number of aliphatic hydroxyl groups is 3. The van der Waals surface area contributed by atoms with E-state index in [1.54, 1.807) is 0 Å². The van der Waals surface area contributed by atoms with Crippen LogP contribution < -0.4 is 5.32 Å². The Kier molecular flexibility index (Phi) is 52.5. The van der Waals surface area contributed by atoms with Crippen molar-refractivity contribution in [3.8, 4) is 0 Å². The second-order valence-corrected chi connectivity index (χ2v) is 19.5. The van der Waals surface area contributed by atoms with Crippen LogP contribution in [0.2, 0.25) is 0 Å². The van der Waals surface area contributed by atoms with Crippen molar-refractivity contribution in [1.82, 2.24) is 5.32 Å². The first-order valence-corrected chi connectivity index (χ1v) is 28.4. The lowest BCUT2D eigenvalue weighted by atomic mass is 10.0. The highest BCUT2D eigenvalue weighted by Crippen LogP contribution is 2.16. The lowest BCUT2D eigenvalue weighted by Crippen LogP contribution is -2.50. The van der Waals surface area contributed by atoms with Crippen LogP contribution in [0.4, 0.5) is 0 Å². The summed E-state index contributed by atoms with van der Waals surface area (Å²) < 4.78 is 0. The molecular weight excluding hydrogens is 787 g/mol. The van der Waals surface area contributed by atoms with Crippen molar-refractivity contribution in [1.29, 1.82) is 0 Å². The van der Waals surface area contributed by atoms with Gasteiger partial charge in [0.1, 0.15) is 6.10 Å². The van der Waals surface area contributed by atoms with Crippen LogP contribution in [0.5, 0.6) is 0 Å². The molecule has 0 aromatic rings. The molecule has 0 rings (SSSR count). The monoisotopic (exact) mass is 898 g/mol. The quantitative estimate of drug-likeness (QED) is 0.0362. The number of carbonyl (C=O) groups is 1. The Labute approximate surface area is 399 Å². The van der Waals surface area contributed by atoms with E-state index in [0.29, 0.717) is 12.8 Å². The summed E-state index contributed by atoms with van der Waals surface area (Å²) in [6, 6.07) is -0.836. The Bertz CT molecular complexity index is 1040. The van der Waals surface area contributed by atoms with E-state index in [1.165, 1.54) is 218 Å². The molecule has 0 heterocycles. The second-order valence-electron chi connectivity index (χ2n) is 19.5. The summed E-state index contributed by atoms with van der Waals surface area (Å²) in [5, 5.41) is 33.7. The largest absolute Gasteiger partial charge is 0.394 e. The maximum Gasteiger partial charge on any atom is 0.220 e. The lowest BCUT2D eigenvalue weighted by Gasteiger charge is -2.26. The molecule has 376 valence electrons. The van der Waals surface area contributed by atoms with Crippen LogP contribution in [0.25, 0.3) is 0 Å². The summed E-state index contributed by atoms with van der Waals surface area (Å²) in [7, 11) is 0. The van der Waals surface area contributed by atoms with Crippen LogP contribution in [0, 0.1) is 0 Å². The highest BCUT2D eigenvalue weighted by atomic mass is 16.3. The molecule has 3 unspecified atom stereocenters. The zero-order valence-corrected chi connectivity index (χ0v) is 42.9. The van der Waals surface area contributed by atoms with Gasteiger partial charge < -0.3 is 20.6 Å². The third-order valence-electron chi connectivity index (χ3n) is 13.1. The van der Waals surface area contributed by atoms with Gasteiger partial charge in [0.05, 0.1) is 18.8 Å². The Balaban J connectivity index is 3.61. The van der Waals surface area contributed by atoms with Crippen molar-refractivity contribution in [2.24, 2.45) is 0 Å². The topological polar surface area (TPSA) is 89.8 Å². The van der Waals surface area contributed by atoms with Crippen molar-refractivity contribution in [2.75, 3.05) is 6.61 Å². The van der Waals surface area contributed by atoms with Crippen molar-refractivity contribution >= 4 is 5.91 Å². The van der Waals surface area contributed by atoms with Gasteiger partial charge in [-0.05, 0) is 83.5 Å². The molecule has 64 heavy (non-hydrogen) atoms. The van der Waals surface area contributed by atoms with Crippen LogP contribution in [-0.2, 0) is 4.79 Å². The first kappa shape index (κ1) is 62.3. The van der Waals surface area contributed by atoms with Gasteiger partial charge in [0, 0.05) is 6.42 Å². The smallest absolute Gasteiger partial charge is 0.220 e. The standard InChI is InChI=1S/C59H111NO4/c1-3-5-7-9-11-13-15-17-19-21-23-25-27-28-29-30-32-34-36-38-40-42-44-46-48-50-52-54-58(63)60-56(55-61)59(64)57(62)53-51-49-47-45-43-41-39-37-35-33-31-26-24-22-20-18-16-14-12-10-8-6-4-2/h23,25,28-29,37,39,45,47,56-57,59,61-62,64H,3-22,24,26-27,30-36,38,40-44,46,48-55H2,1-2H3,(H,60,63)/b25-23-,29-28-,39-37+,47-45+. The van der Waals surface area contributed by atoms with E-state index in [0.717, 1.165) is 51.4 Å². The summed E-state index contributed by atoms with van der Waals surface area (Å²) in [6.45, 7) is 4.19. The fraction of sp³-hybridized carbons (Fsp3) is 0.847. The number of unbranched alkanes of at least 4 members (excludes halogenated alkanes) is 36. The molecule has 3 atom stereocenters. The third kappa shape index (κ3) is 48.2. The molecular formula is C59H111NO4. The molecule has 0 aromatic carbocycles. The molecule has 0 saturated heterocycles. The molecule has 0 fully saturated rings. The molecule has 1 amide bonds. The van der Waals surface area contributed by atoms with Crippen LogP contribution in [0.15, 0.2) is 48.6 Å². The Morgan fingerprint density at radius 2 is 0.688 bits per heavy atom. The van der Waals surface area contributed by atoms with E-state index < -0.39 is 18.2 Å². The first-order valence-electron chi connectivity index (χ1n) is 28.4. The van der Waals surface area contributed by atoms with Crippen LogP contribution in [0.1, 0.15) is 296 Å². The minimum Gasteiger partial charge on any atom is -0.394 e. The fourth-order valence-corrected chi connectivity index (χ4v) is 8.74. The third-order valence-corrected chi connectivity index (χ3v) is 13.1. The number of rotatable bonds is 52. The van der Waals surface area contributed by atoms with Gasteiger partial charge in [-0.15, -0.1) is 0 Å². The zero-order chi connectivity index (χ0) is 46.5. The van der Waals surface area contributed by atoms with Gasteiger partial charge in [-0.2, -0.15) is 0 Å². The maximum absolute atomic E-state index is 12.5. The van der Waals surface area contributed by atoms with E-state index in [2.05, 4.69) is 67.8 Å². The lowest BCUT2D eigenvalue weighted by molar-refractivity contribution is -0.124. The van der Waals surface area contributed by atoms with Crippen molar-refractivity contribution in [3.63, 3.8) is 0 Å². The van der Waals surface area contributed by atoms with Gasteiger partial charge >= 0.3 is 0 Å². The van der Waals surface area contributed by atoms with Crippen LogP contribution in [0.3, 0.4) is 0 Å². The van der Waals surface area contributed by atoms with E-state index in [1.807, 2.05) is 0 Å². The molecule has 0 aliphatic carbocycles. The Hall–Kier alpha value is -1.69. The molecule has 0 saturated carbocycles. The van der Waals surface area contributed by atoms with Gasteiger partial charge in [0.2, 0.25) is 5.91 Å². The predicted octanol–water partition coefficient (Wildman–Crippen LogP) is 17.6. The first-order chi connectivity index (χ1) is 31.6. The number of allylic oxidation sites excluding steroid dienone is 8. The van der Waals surface area contributed by atoms with Gasteiger partial charge in [0.25, 0.3) is 0 Å². The summed E-state index contributed by atoms with van der Waals surface area (Å²) >= 11 is 0. The van der Waals surface area contributed by atoms with Crippen molar-refractivity contribution in [3.05, 3.63) is 48.6 Å². The highest BCUT2D eigenvalue weighted by molar-refractivity contribution is 5.76. The summed E-state index contributed by atoms with van der Waals surface area (Å²) in [5.41, 5.74) is 0. The number of hydrogen-bond donors (Lipinski definition) is 4. The van der Waals surface area contributed by atoms with Gasteiger partial charge in [0.15, 0.2) is 0 Å². The predicted molar refractivity (Wildman–Crippen MR) is 282 cm³/mol. The van der Waals surface area contributed by atoms with E-state index in [9.17, 15) is 20.1 Å². The molecule has 5 heteroatoms. The van der Waals surface area contributed by atoms with Gasteiger partial charge in [-0.1, -0.05) is 255 Å². The molecule has 0 spiro atoms. The van der Waals surface area contributed by atoms with Crippen molar-refractivity contribution < 1.29 is 20.1 Å². The van der Waals surface area contributed by atoms with Crippen LogP contribution >= 0.6 is 0 Å². The Morgan fingerprint density at radius 1 is 0.391 bits per heavy atom. The molecule has 4 N–H and O–H groups in total. The van der Waals surface area contributed by atoms with Gasteiger partial charge in [-0.3, -0.25) is 4.79 Å². The minimum atomic E-state index is -1.17. The zero-order valence-electron chi connectivity index (χ0n) is 42.9. The van der Waals surface area contributed by atoms with Crippen LogP contribution in [-0.4, -0.2) is 46.1 Å². The summed E-state index contributed by atoms with van der Waals surface area (Å²) in [4.78, 5) is 12.5. The molecule has 0 radical (unpaired) electrons. The molecule has 0 aliphatic rings. The fourth-order valence-electron chi connectivity index (χ4n) is 8.74. The number of hydrogen-bond acceptors (Lipinski definition) is 4. The highest BCUT2D eigenvalue weighted by Gasteiger charge is 2.26. The second kappa shape index (κ2) is 53.9. The van der Waals surface area contributed by atoms with E-state index in [-0.39, 0.29) is 12.5 Å². The van der Waals surface area contributed by atoms with E-state index >= 15 is 0 Å². The van der Waals surface area contributed by atoms with Crippen molar-refractivity contribution in [2.45, 2.75) is 315 Å². The number of aliphatic hydroxyl groups excluding tert-OH is 3. The number of carbonyl (C=O) groups excluding carboxylic acids is 1. The average molecular weight is 899 g/mol.